The van der Waals surface area contributed by atoms with Crippen LogP contribution in [0.3, 0.4) is 0 Å². The third-order valence-corrected chi connectivity index (χ3v) is 4.99. The van der Waals surface area contributed by atoms with E-state index < -0.39 is 5.97 Å². The highest BCUT2D eigenvalue weighted by atomic mass is 16.4. The van der Waals surface area contributed by atoms with Crippen LogP contribution in [-0.4, -0.2) is 11.1 Å². The second-order valence-corrected chi connectivity index (χ2v) is 6.79. The van der Waals surface area contributed by atoms with Gasteiger partial charge in [0, 0.05) is 17.0 Å². The standard InChI is InChI=1S/C24H18O4/c1-14-12-20-23(19(13-21(25)28-20)16-6-4-3-5-7-16)15(2)22(14)17-8-10-18(11-9-17)24(26)27/h3-13H,1-2H3,(H,26,27). The number of carboxylic acids is 1. The van der Waals surface area contributed by atoms with Gasteiger partial charge in [0.05, 0.1) is 5.56 Å². The lowest BCUT2D eigenvalue weighted by atomic mass is 9.89. The average molecular weight is 370 g/mol. The Morgan fingerprint density at radius 3 is 2.21 bits per heavy atom. The lowest BCUT2D eigenvalue weighted by molar-refractivity contribution is 0.0697. The molecule has 0 spiro atoms. The highest BCUT2D eigenvalue weighted by molar-refractivity contribution is 6.00. The molecule has 0 radical (unpaired) electrons. The fourth-order valence-electron chi connectivity index (χ4n) is 3.76. The van der Waals surface area contributed by atoms with Crippen molar-refractivity contribution in [1.29, 1.82) is 0 Å². The first kappa shape index (κ1) is 17.7. The minimum absolute atomic E-state index is 0.246. The molecule has 0 bridgehead atoms. The molecule has 0 fully saturated rings. The van der Waals surface area contributed by atoms with E-state index in [-0.39, 0.29) is 11.2 Å². The maximum Gasteiger partial charge on any atom is 0.336 e. The van der Waals surface area contributed by atoms with E-state index in [9.17, 15) is 9.59 Å². The predicted octanol–water partition coefficient (Wildman–Crippen LogP) is 5.44. The molecular weight excluding hydrogens is 352 g/mol. The molecule has 0 aliphatic heterocycles. The molecule has 0 aliphatic carbocycles. The number of rotatable bonds is 3. The Morgan fingerprint density at radius 1 is 0.893 bits per heavy atom. The summed E-state index contributed by atoms with van der Waals surface area (Å²) >= 11 is 0. The Bertz CT molecular complexity index is 1250. The second kappa shape index (κ2) is 6.82. The van der Waals surface area contributed by atoms with Crippen LogP contribution in [0, 0.1) is 13.8 Å². The molecule has 3 aromatic carbocycles. The zero-order valence-electron chi connectivity index (χ0n) is 15.5. The van der Waals surface area contributed by atoms with Crippen LogP contribution >= 0.6 is 0 Å². The Balaban J connectivity index is 2.03. The highest BCUT2D eigenvalue weighted by Crippen LogP contribution is 2.37. The summed E-state index contributed by atoms with van der Waals surface area (Å²) in [4.78, 5) is 23.3. The lowest BCUT2D eigenvalue weighted by Gasteiger charge is -2.16. The van der Waals surface area contributed by atoms with Crippen molar-refractivity contribution >= 4 is 16.9 Å². The van der Waals surface area contributed by atoms with Crippen molar-refractivity contribution < 1.29 is 14.3 Å². The first-order valence-electron chi connectivity index (χ1n) is 8.93. The minimum Gasteiger partial charge on any atom is -0.478 e. The van der Waals surface area contributed by atoms with Gasteiger partial charge in [-0.3, -0.25) is 0 Å². The quantitative estimate of drug-likeness (QED) is 0.488. The Hall–Kier alpha value is -3.66. The highest BCUT2D eigenvalue weighted by Gasteiger charge is 2.16. The summed E-state index contributed by atoms with van der Waals surface area (Å²) in [6, 6.07) is 20.0. The summed E-state index contributed by atoms with van der Waals surface area (Å²) in [6.07, 6.45) is 0. The third kappa shape index (κ3) is 2.99. The summed E-state index contributed by atoms with van der Waals surface area (Å²) in [5, 5.41) is 10.0. The van der Waals surface area contributed by atoms with E-state index in [0.717, 1.165) is 38.8 Å². The molecule has 0 atom stereocenters. The van der Waals surface area contributed by atoms with E-state index in [1.807, 2.05) is 62.4 Å². The van der Waals surface area contributed by atoms with E-state index in [0.29, 0.717) is 5.58 Å². The predicted molar refractivity (Wildman–Crippen MR) is 110 cm³/mol. The fourth-order valence-corrected chi connectivity index (χ4v) is 3.76. The van der Waals surface area contributed by atoms with Gasteiger partial charge in [-0.2, -0.15) is 0 Å². The van der Waals surface area contributed by atoms with Gasteiger partial charge in [0.15, 0.2) is 0 Å². The van der Waals surface area contributed by atoms with Crippen molar-refractivity contribution in [1.82, 2.24) is 0 Å². The molecule has 1 aromatic heterocycles. The maximum absolute atomic E-state index is 12.1. The van der Waals surface area contributed by atoms with Crippen LogP contribution in [0.25, 0.3) is 33.2 Å². The van der Waals surface area contributed by atoms with Gasteiger partial charge in [0.1, 0.15) is 5.58 Å². The zero-order chi connectivity index (χ0) is 19.8. The van der Waals surface area contributed by atoms with E-state index in [1.54, 1.807) is 12.1 Å². The largest absolute Gasteiger partial charge is 0.478 e. The molecule has 0 saturated carbocycles. The zero-order valence-corrected chi connectivity index (χ0v) is 15.5. The molecule has 0 saturated heterocycles. The van der Waals surface area contributed by atoms with Crippen molar-refractivity contribution in [2.24, 2.45) is 0 Å². The summed E-state index contributed by atoms with van der Waals surface area (Å²) in [6.45, 7) is 3.96. The van der Waals surface area contributed by atoms with Gasteiger partial charge in [-0.15, -0.1) is 0 Å². The molecule has 1 heterocycles. The van der Waals surface area contributed by atoms with Gasteiger partial charge >= 0.3 is 11.6 Å². The van der Waals surface area contributed by atoms with Crippen molar-refractivity contribution in [3.63, 3.8) is 0 Å². The first-order chi connectivity index (χ1) is 13.5. The number of carboxylic acid groups (broad SMARTS) is 1. The van der Waals surface area contributed by atoms with Gasteiger partial charge in [-0.05, 0) is 59.9 Å². The van der Waals surface area contributed by atoms with Gasteiger partial charge in [0.25, 0.3) is 0 Å². The van der Waals surface area contributed by atoms with Crippen molar-refractivity contribution in [2.75, 3.05) is 0 Å². The molecule has 4 aromatic rings. The number of fused-ring (bicyclic) bond motifs is 1. The molecular formula is C24H18O4. The normalized spacial score (nSPS) is 10.9. The summed E-state index contributed by atoms with van der Waals surface area (Å²) in [7, 11) is 0. The van der Waals surface area contributed by atoms with Gasteiger partial charge in [-0.25, -0.2) is 9.59 Å². The maximum atomic E-state index is 12.1. The van der Waals surface area contributed by atoms with Crippen LogP contribution in [-0.2, 0) is 0 Å². The smallest absolute Gasteiger partial charge is 0.336 e. The van der Waals surface area contributed by atoms with Crippen LogP contribution in [0.1, 0.15) is 21.5 Å². The number of aryl methyl sites for hydroxylation is 2. The van der Waals surface area contributed by atoms with E-state index in [2.05, 4.69) is 0 Å². The molecule has 0 aliphatic rings. The average Bonchev–Trinajstić information content (AvgIpc) is 2.68. The third-order valence-electron chi connectivity index (χ3n) is 4.99. The van der Waals surface area contributed by atoms with Crippen molar-refractivity contribution in [2.45, 2.75) is 13.8 Å². The molecule has 138 valence electrons. The monoisotopic (exact) mass is 370 g/mol. The molecule has 4 heteroatoms. The van der Waals surface area contributed by atoms with Gasteiger partial charge in [-0.1, -0.05) is 42.5 Å². The van der Waals surface area contributed by atoms with Crippen LogP contribution < -0.4 is 5.63 Å². The van der Waals surface area contributed by atoms with Crippen LogP contribution in [0.5, 0.6) is 0 Å². The molecule has 28 heavy (non-hydrogen) atoms. The van der Waals surface area contributed by atoms with Crippen LogP contribution in [0.2, 0.25) is 0 Å². The van der Waals surface area contributed by atoms with Crippen molar-refractivity contribution in [3.8, 4) is 22.3 Å². The minimum atomic E-state index is -0.952. The Morgan fingerprint density at radius 2 is 1.57 bits per heavy atom. The Kier molecular flexibility index (Phi) is 4.32. The van der Waals surface area contributed by atoms with Crippen molar-refractivity contribution in [3.05, 3.63) is 93.8 Å². The second-order valence-electron chi connectivity index (χ2n) is 6.79. The van der Waals surface area contributed by atoms with Gasteiger partial charge < -0.3 is 9.52 Å². The number of hydrogen-bond donors (Lipinski definition) is 1. The lowest BCUT2D eigenvalue weighted by Crippen LogP contribution is -2.01. The molecule has 0 amide bonds. The topological polar surface area (TPSA) is 67.5 Å². The fraction of sp³-hybridized carbons (Fsp3) is 0.0833. The van der Waals surface area contributed by atoms with Crippen LogP contribution in [0.15, 0.2) is 75.9 Å². The molecule has 4 nitrogen and oxygen atoms in total. The number of carbonyl (C=O) groups is 1. The Labute approximate surface area is 161 Å². The summed E-state index contributed by atoms with van der Waals surface area (Å²) in [5.74, 6) is -0.952. The molecule has 4 rings (SSSR count). The van der Waals surface area contributed by atoms with E-state index in [1.165, 1.54) is 6.07 Å². The van der Waals surface area contributed by atoms with Gasteiger partial charge in [0.2, 0.25) is 0 Å². The number of benzene rings is 3. The summed E-state index contributed by atoms with van der Waals surface area (Å²) in [5.41, 5.74) is 6.06. The van der Waals surface area contributed by atoms with E-state index >= 15 is 0 Å². The summed E-state index contributed by atoms with van der Waals surface area (Å²) < 4.78 is 5.49. The number of hydrogen-bond acceptors (Lipinski definition) is 3. The first-order valence-corrected chi connectivity index (χ1v) is 8.93. The van der Waals surface area contributed by atoms with E-state index in [4.69, 9.17) is 9.52 Å². The van der Waals surface area contributed by atoms with Crippen LogP contribution in [0.4, 0.5) is 0 Å². The molecule has 1 N–H and O–H groups in total. The number of aromatic carboxylic acids is 1. The molecule has 0 unspecified atom stereocenters. The SMILES string of the molecule is Cc1cc2oc(=O)cc(-c3ccccc3)c2c(C)c1-c1ccc(C(=O)O)cc1.